The zero-order valence-corrected chi connectivity index (χ0v) is 21.4. The molecular formula is C29H33N3O6. The van der Waals surface area contributed by atoms with Gasteiger partial charge in [0.15, 0.2) is 11.6 Å². The molecule has 200 valence electrons. The second-order valence-electron chi connectivity index (χ2n) is 9.64. The molecule has 1 fully saturated rings. The summed E-state index contributed by atoms with van der Waals surface area (Å²) in [6, 6.07) is 15.1. The van der Waals surface area contributed by atoms with Gasteiger partial charge in [0.2, 0.25) is 11.8 Å². The summed E-state index contributed by atoms with van der Waals surface area (Å²) in [4.78, 5) is 35.7. The van der Waals surface area contributed by atoms with Gasteiger partial charge in [-0.05, 0) is 29.8 Å². The fourth-order valence-electron chi connectivity index (χ4n) is 5.19. The number of ether oxygens (including phenoxy) is 3. The molecule has 3 aliphatic rings. The standard InChI is InChI=1S/C29H33N3O6/c1-2-12-29-26(38-27(30-29)21-8-10-23(11-9-21)37-16-5-15-33)24-7-4-3-6-22(24)19-32(28(29)35)20-25(34)31-13-17-36-18-14-31/h2-4,6-11,26,33H,1,5,12-20H2/t26-,29-/m0/s1. The van der Waals surface area contributed by atoms with Crippen LogP contribution in [0.15, 0.2) is 66.2 Å². The Hall–Kier alpha value is -3.69. The summed E-state index contributed by atoms with van der Waals surface area (Å²) >= 11 is 0. The molecule has 0 aromatic heterocycles. The van der Waals surface area contributed by atoms with Gasteiger partial charge < -0.3 is 29.1 Å². The number of carbonyl (C=O) groups is 2. The Labute approximate surface area is 222 Å². The third kappa shape index (κ3) is 5.04. The van der Waals surface area contributed by atoms with Gasteiger partial charge in [-0.3, -0.25) is 9.59 Å². The summed E-state index contributed by atoms with van der Waals surface area (Å²) < 4.78 is 17.5. The molecule has 2 amide bonds. The maximum atomic E-state index is 14.3. The van der Waals surface area contributed by atoms with Crippen LogP contribution in [-0.4, -0.2) is 84.2 Å². The van der Waals surface area contributed by atoms with E-state index in [0.29, 0.717) is 57.5 Å². The molecule has 38 heavy (non-hydrogen) atoms. The lowest BCUT2D eigenvalue weighted by atomic mass is 9.84. The van der Waals surface area contributed by atoms with E-state index in [-0.39, 0.29) is 31.4 Å². The van der Waals surface area contributed by atoms with Crippen molar-refractivity contribution in [1.82, 2.24) is 9.80 Å². The lowest BCUT2D eigenvalue weighted by molar-refractivity contribution is -0.147. The maximum Gasteiger partial charge on any atom is 0.255 e. The molecule has 2 atom stereocenters. The lowest BCUT2D eigenvalue weighted by Gasteiger charge is -2.33. The van der Waals surface area contributed by atoms with Crippen LogP contribution in [-0.2, 0) is 25.6 Å². The predicted molar refractivity (Wildman–Crippen MR) is 141 cm³/mol. The van der Waals surface area contributed by atoms with Gasteiger partial charge >= 0.3 is 0 Å². The van der Waals surface area contributed by atoms with Crippen LogP contribution in [0.5, 0.6) is 5.75 Å². The predicted octanol–water partition coefficient (Wildman–Crippen LogP) is 2.48. The lowest BCUT2D eigenvalue weighted by Crippen LogP contribution is -2.52. The van der Waals surface area contributed by atoms with E-state index in [1.54, 1.807) is 15.9 Å². The van der Waals surface area contributed by atoms with E-state index in [2.05, 4.69) is 6.58 Å². The third-order valence-electron chi connectivity index (χ3n) is 7.14. The first kappa shape index (κ1) is 25.9. The fraction of sp³-hybridized carbons (Fsp3) is 0.414. The Balaban J connectivity index is 1.48. The van der Waals surface area contributed by atoms with Crippen molar-refractivity contribution in [3.63, 3.8) is 0 Å². The van der Waals surface area contributed by atoms with Gasteiger partial charge in [-0.25, -0.2) is 4.99 Å². The zero-order valence-electron chi connectivity index (χ0n) is 21.4. The number of aliphatic hydroxyl groups excluding tert-OH is 1. The van der Waals surface area contributed by atoms with Crippen molar-refractivity contribution in [3.8, 4) is 5.75 Å². The second kappa shape index (κ2) is 11.4. The first-order chi connectivity index (χ1) is 18.6. The molecule has 9 heteroatoms. The Bertz CT molecular complexity index is 1210. The highest BCUT2D eigenvalue weighted by molar-refractivity contribution is 6.02. The maximum absolute atomic E-state index is 14.3. The van der Waals surface area contributed by atoms with E-state index in [1.165, 1.54) is 0 Å². The first-order valence-corrected chi connectivity index (χ1v) is 13.0. The van der Waals surface area contributed by atoms with Crippen LogP contribution in [0.25, 0.3) is 0 Å². The summed E-state index contributed by atoms with van der Waals surface area (Å²) in [7, 11) is 0. The third-order valence-corrected chi connectivity index (χ3v) is 7.14. The molecule has 0 radical (unpaired) electrons. The summed E-state index contributed by atoms with van der Waals surface area (Å²) in [5.41, 5.74) is 1.25. The number of hydrogen-bond donors (Lipinski definition) is 1. The minimum Gasteiger partial charge on any atom is -0.494 e. The molecule has 3 heterocycles. The summed E-state index contributed by atoms with van der Waals surface area (Å²) in [6.45, 7) is 6.70. The van der Waals surface area contributed by atoms with Crippen molar-refractivity contribution in [2.75, 3.05) is 46.1 Å². The number of rotatable bonds is 9. The summed E-state index contributed by atoms with van der Waals surface area (Å²) in [5.74, 6) is 0.679. The molecule has 9 nitrogen and oxygen atoms in total. The SMILES string of the molecule is C=CC[C@]12N=C(c3ccc(OCCCO)cc3)O[C@H]1c1ccccc1CN(CC(=O)N1CCOCC1)C2=O. The highest BCUT2D eigenvalue weighted by Gasteiger charge is 2.56. The van der Waals surface area contributed by atoms with Crippen LogP contribution in [0.1, 0.15) is 35.6 Å². The van der Waals surface area contributed by atoms with Gasteiger partial charge in [0, 0.05) is 50.2 Å². The molecule has 2 aromatic carbocycles. The van der Waals surface area contributed by atoms with Crippen molar-refractivity contribution >= 4 is 17.7 Å². The minimum absolute atomic E-state index is 0.0382. The highest BCUT2D eigenvalue weighted by atomic mass is 16.5. The van der Waals surface area contributed by atoms with E-state index in [4.69, 9.17) is 24.3 Å². The van der Waals surface area contributed by atoms with Gasteiger partial charge in [0.05, 0.1) is 19.8 Å². The van der Waals surface area contributed by atoms with Gasteiger partial charge in [0.25, 0.3) is 5.91 Å². The molecule has 0 spiro atoms. The van der Waals surface area contributed by atoms with Gasteiger partial charge in [-0.15, -0.1) is 6.58 Å². The molecule has 0 bridgehead atoms. The number of fused-ring (bicyclic) bond motifs is 3. The zero-order chi connectivity index (χ0) is 26.5. The molecule has 0 aliphatic carbocycles. The second-order valence-corrected chi connectivity index (χ2v) is 9.64. The average molecular weight is 520 g/mol. The normalized spacial score (nSPS) is 22.6. The Morgan fingerprint density at radius 2 is 1.95 bits per heavy atom. The van der Waals surface area contributed by atoms with Gasteiger partial charge in [-0.2, -0.15) is 0 Å². The first-order valence-electron chi connectivity index (χ1n) is 13.0. The van der Waals surface area contributed by atoms with Crippen LogP contribution in [0.4, 0.5) is 0 Å². The topological polar surface area (TPSA) is 101 Å². The minimum atomic E-state index is -1.27. The van der Waals surface area contributed by atoms with Gasteiger partial charge in [0.1, 0.15) is 12.3 Å². The van der Waals surface area contributed by atoms with Crippen LogP contribution < -0.4 is 4.74 Å². The molecular weight excluding hydrogens is 486 g/mol. The largest absolute Gasteiger partial charge is 0.494 e. The monoisotopic (exact) mass is 519 g/mol. The Kier molecular flexibility index (Phi) is 7.76. The van der Waals surface area contributed by atoms with Crippen LogP contribution in [0, 0.1) is 0 Å². The van der Waals surface area contributed by atoms with Crippen molar-refractivity contribution in [1.29, 1.82) is 0 Å². The number of nitrogens with zero attached hydrogens (tertiary/aromatic N) is 3. The van der Waals surface area contributed by atoms with Crippen LogP contribution in [0.3, 0.4) is 0 Å². The fourth-order valence-corrected chi connectivity index (χ4v) is 5.19. The average Bonchev–Trinajstić information content (AvgIpc) is 3.30. The van der Waals surface area contributed by atoms with Crippen molar-refractivity contribution in [3.05, 3.63) is 77.9 Å². The van der Waals surface area contributed by atoms with E-state index < -0.39 is 11.6 Å². The number of aliphatic hydroxyl groups is 1. The highest BCUT2D eigenvalue weighted by Crippen LogP contribution is 2.46. The number of carbonyl (C=O) groups excluding carboxylic acids is 2. The molecule has 3 aliphatic heterocycles. The molecule has 1 N–H and O–H groups in total. The smallest absolute Gasteiger partial charge is 0.255 e. The van der Waals surface area contributed by atoms with Crippen LogP contribution >= 0.6 is 0 Å². The quantitative estimate of drug-likeness (QED) is 0.404. The molecule has 5 rings (SSSR count). The van der Waals surface area contributed by atoms with E-state index >= 15 is 0 Å². The van der Waals surface area contributed by atoms with E-state index in [0.717, 1.165) is 16.7 Å². The molecule has 2 aromatic rings. The van der Waals surface area contributed by atoms with Crippen LogP contribution in [0.2, 0.25) is 0 Å². The van der Waals surface area contributed by atoms with E-state index in [9.17, 15) is 9.59 Å². The number of benzene rings is 2. The number of aliphatic imine (C=N–C) groups is 1. The Morgan fingerprint density at radius 3 is 2.68 bits per heavy atom. The molecule has 0 saturated carbocycles. The number of morpholine rings is 1. The Morgan fingerprint density at radius 1 is 1.18 bits per heavy atom. The van der Waals surface area contributed by atoms with Gasteiger partial charge in [-0.1, -0.05) is 30.3 Å². The summed E-state index contributed by atoms with van der Waals surface area (Å²) in [5, 5.41) is 8.97. The van der Waals surface area contributed by atoms with Crippen molar-refractivity contribution in [2.45, 2.75) is 31.0 Å². The van der Waals surface area contributed by atoms with E-state index in [1.807, 2.05) is 48.5 Å². The molecule has 0 unspecified atom stereocenters. The van der Waals surface area contributed by atoms with Crippen molar-refractivity contribution < 1.29 is 28.9 Å². The van der Waals surface area contributed by atoms with Crippen molar-refractivity contribution in [2.24, 2.45) is 4.99 Å². The molecule has 1 saturated heterocycles. The summed E-state index contributed by atoms with van der Waals surface area (Å²) in [6.07, 6.45) is 1.85. The number of hydrogen-bond acceptors (Lipinski definition) is 7. The number of amides is 2.